The molecule has 1 atom stereocenters. The maximum atomic E-state index is 13.4. The van der Waals surface area contributed by atoms with Crippen LogP contribution in [0.1, 0.15) is 60.4 Å². The van der Waals surface area contributed by atoms with Crippen LogP contribution in [0, 0.1) is 5.92 Å². The number of fused-ring (bicyclic) bond motifs is 6. The smallest absolute Gasteiger partial charge is 0.340 e. The lowest BCUT2D eigenvalue weighted by molar-refractivity contribution is 0.0220. The van der Waals surface area contributed by atoms with Crippen molar-refractivity contribution in [3.63, 3.8) is 0 Å². The van der Waals surface area contributed by atoms with Gasteiger partial charge in [0.05, 0.1) is 29.6 Å². The molecule has 7 nitrogen and oxygen atoms in total. The number of hydrogen-bond acceptors (Lipinski definition) is 6. The Balaban J connectivity index is 1.66. The van der Waals surface area contributed by atoms with Gasteiger partial charge >= 0.3 is 5.97 Å². The van der Waals surface area contributed by atoms with Crippen LogP contribution in [0.5, 0.6) is 17.4 Å². The second kappa shape index (κ2) is 9.49. The van der Waals surface area contributed by atoms with Crippen molar-refractivity contribution in [3.8, 4) is 23.1 Å². The van der Waals surface area contributed by atoms with Crippen LogP contribution >= 0.6 is 0 Å². The Labute approximate surface area is 228 Å². The number of ether oxygens (including phenoxy) is 3. The van der Waals surface area contributed by atoms with Gasteiger partial charge in [-0.1, -0.05) is 32.0 Å². The number of esters is 1. The maximum absolute atomic E-state index is 13.4. The molecular weight excluding hydrogens is 490 g/mol. The predicted octanol–water partition coefficient (Wildman–Crippen LogP) is 6.49. The lowest BCUT2D eigenvalue weighted by Gasteiger charge is -2.36. The van der Waals surface area contributed by atoms with Gasteiger partial charge in [-0.2, -0.15) is 5.10 Å². The fourth-order valence-electron chi connectivity index (χ4n) is 5.83. The summed E-state index contributed by atoms with van der Waals surface area (Å²) in [6.07, 6.45) is 0.698. The second-order valence-electron chi connectivity index (χ2n) is 10.4. The number of carbonyl (C=O) groups is 1. The largest absolute Gasteiger partial charge is 0.497 e. The van der Waals surface area contributed by atoms with Crippen LogP contribution in [-0.2, 0) is 16.8 Å². The molecular formula is C32H33N3O4. The minimum absolute atomic E-state index is 0.323. The monoisotopic (exact) mass is 523 g/mol. The van der Waals surface area contributed by atoms with Gasteiger partial charge in [-0.15, -0.1) is 0 Å². The Morgan fingerprint density at radius 3 is 2.44 bits per heavy atom. The number of aromatic nitrogens is 2. The Kier molecular flexibility index (Phi) is 6.09. The molecule has 0 radical (unpaired) electrons. The molecule has 200 valence electrons. The molecule has 0 saturated heterocycles. The number of nitrogens with zero attached hydrogens (tertiary/aromatic N) is 3. The Hall–Kier alpha value is -4.26. The minimum Gasteiger partial charge on any atom is -0.497 e. The number of benzene rings is 3. The quantitative estimate of drug-likeness (QED) is 0.258. The third-order valence-electron chi connectivity index (χ3n) is 7.64. The maximum Gasteiger partial charge on any atom is 0.340 e. The summed E-state index contributed by atoms with van der Waals surface area (Å²) in [4.78, 5) is 15.7. The molecule has 1 unspecified atom stereocenters. The van der Waals surface area contributed by atoms with Crippen LogP contribution in [0.25, 0.3) is 5.69 Å². The molecule has 0 N–H and O–H groups in total. The van der Waals surface area contributed by atoms with Gasteiger partial charge in [0.25, 0.3) is 0 Å². The van der Waals surface area contributed by atoms with Crippen molar-refractivity contribution in [2.24, 2.45) is 5.92 Å². The number of methoxy groups -OCH3 is 1. The normalized spacial score (nSPS) is 16.9. The highest BCUT2D eigenvalue weighted by Gasteiger charge is 2.56. The molecule has 3 aromatic carbocycles. The van der Waals surface area contributed by atoms with E-state index in [1.807, 2.05) is 59.3 Å². The zero-order valence-corrected chi connectivity index (χ0v) is 23.0. The van der Waals surface area contributed by atoms with E-state index in [2.05, 4.69) is 44.7 Å². The summed E-state index contributed by atoms with van der Waals surface area (Å²) >= 11 is 0. The first-order chi connectivity index (χ1) is 18.9. The average Bonchev–Trinajstić information content (AvgIpc) is 3.45. The molecule has 7 heteroatoms. The zero-order chi connectivity index (χ0) is 27.3. The van der Waals surface area contributed by atoms with E-state index in [0.29, 0.717) is 29.5 Å². The van der Waals surface area contributed by atoms with E-state index in [-0.39, 0.29) is 5.97 Å². The summed E-state index contributed by atoms with van der Waals surface area (Å²) in [6.45, 7) is 10.3. The lowest BCUT2D eigenvalue weighted by atomic mass is 9.77. The summed E-state index contributed by atoms with van der Waals surface area (Å²) in [5.74, 6) is 1.95. The van der Waals surface area contributed by atoms with E-state index in [1.54, 1.807) is 7.11 Å². The van der Waals surface area contributed by atoms with Gasteiger partial charge in [0.2, 0.25) is 5.88 Å². The molecule has 0 bridgehead atoms. The third kappa shape index (κ3) is 3.79. The van der Waals surface area contributed by atoms with Gasteiger partial charge in [-0.25, -0.2) is 9.48 Å². The Morgan fingerprint density at radius 1 is 1.00 bits per heavy atom. The van der Waals surface area contributed by atoms with Crippen molar-refractivity contribution >= 4 is 11.7 Å². The van der Waals surface area contributed by atoms with Crippen LogP contribution in [0.15, 0.2) is 66.7 Å². The molecule has 3 heterocycles. The number of carbonyl (C=O) groups excluding carboxylic acids is 1. The first kappa shape index (κ1) is 25.0. The summed E-state index contributed by atoms with van der Waals surface area (Å²) < 4.78 is 20.4. The molecule has 1 spiro atoms. The Bertz CT molecular complexity index is 1550. The summed E-state index contributed by atoms with van der Waals surface area (Å²) in [7, 11) is 1.65. The van der Waals surface area contributed by atoms with Gasteiger partial charge in [-0.05, 0) is 68.7 Å². The van der Waals surface area contributed by atoms with Crippen molar-refractivity contribution < 1.29 is 19.0 Å². The highest BCUT2D eigenvalue weighted by atomic mass is 16.6. The first-order valence-corrected chi connectivity index (χ1v) is 13.6. The van der Waals surface area contributed by atoms with Crippen LogP contribution in [0.3, 0.4) is 0 Å². The topological polar surface area (TPSA) is 65.8 Å². The summed E-state index contributed by atoms with van der Waals surface area (Å²) in [6, 6.07) is 21.6. The number of hydrogen-bond donors (Lipinski definition) is 0. The van der Waals surface area contributed by atoms with E-state index in [9.17, 15) is 4.79 Å². The van der Waals surface area contributed by atoms with Crippen molar-refractivity contribution in [1.82, 2.24) is 9.78 Å². The molecule has 4 aromatic rings. The SMILES string of the molecule is CCN(CC)c1ccc2c(c1)Oc1c(c(CC(C)C)nn1-c1ccc(OC)cc1)C21OC(=O)c2ccccc21. The van der Waals surface area contributed by atoms with E-state index in [0.717, 1.165) is 52.6 Å². The standard InChI is InChI=1S/C32H33N3O4/c1-6-34(7-2)22-14-17-26-28(19-22)38-30-29(32(26)25-11-9-8-10-24(25)31(36)39-32)27(18-20(3)4)33-35(30)21-12-15-23(37-5)16-13-21/h8-17,19-20H,6-7,18H2,1-5H3. The predicted molar refractivity (Wildman–Crippen MR) is 150 cm³/mol. The highest BCUT2D eigenvalue weighted by molar-refractivity contribution is 5.97. The van der Waals surface area contributed by atoms with Gasteiger partial charge in [0.15, 0.2) is 5.60 Å². The molecule has 0 saturated carbocycles. The van der Waals surface area contributed by atoms with Crippen LogP contribution < -0.4 is 14.4 Å². The van der Waals surface area contributed by atoms with Crippen LogP contribution in [0.2, 0.25) is 0 Å². The van der Waals surface area contributed by atoms with Crippen LogP contribution in [0.4, 0.5) is 5.69 Å². The van der Waals surface area contributed by atoms with Crippen molar-refractivity contribution in [2.75, 3.05) is 25.1 Å². The fraction of sp³-hybridized carbons (Fsp3) is 0.312. The molecule has 2 aliphatic rings. The van der Waals surface area contributed by atoms with Gasteiger partial charge < -0.3 is 19.1 Å². The van der Waals surface area contributed by atoms with Gasteiger partial charge in [0, 0.05) is 36.0 Å². The first-order valence-electron chi connectivity index (χ1n) is 13.6. The third-order valence-corrected chi connectivity index (χ3v) is 7.64. The molecule has 0 fully saturated rings. The van der Waals surface area contributed by atoms with Crippen molar-refractivity contribution in [2.45, 2.75) is 39.7 Å². The van der Waals surface area contributed by atoms with E-state index < -0.39 is 5.60 Å². The average molecular weight is 524 g/mol. The van der Waals surface area contributed by atoms with E-state index in [1.165, 1.54) is 0 Å². The van der Waals surface area contributed by atoms with E-state index in [4.69, 9.17) is 19.3 Å². The van der Waals surface area contributed by atoms with Gasteiger partial charge in [-0.3, -0.25) is 0 Å². The number of rotatable bonds is 7. The van der Waals surface area contributed by atoms with E-state index >= 15 is 0 Å². The number of anilines is 1. The summed E-state index contributed by atoms with van der Waals surface area (Å²) in [5.41, 5.74) is 4.54. The molecule has 6 rings (SSSR count). The second-order valence-corrected chi connectivity index (χ2v) is 10.4. The molecule has 0 amide bonds. The molecule has 1 aromatic heterocycles. The fourth-order valence-corrected chi connectivity index (χ4v) is 5.83. The lowest BCUT2D eigenvalue weighted by Crippen LogP contribution is -2.34. The van der Waals surface area contributed by atoms with Crippen molar-refractivity contribution in [3.05, 3.63) is 94.7 Å². The highest BCUT2D eigenvalue weighted by Crippen LogP contribution is 2.58. The van der Waals surface area contributed by atoms with Crippen LogP contribution in [-0.4, -0.2) is 35.9 Å². The molecule has 0 aliphatic carbocycles. The Morgan fingerprint density at radius 2 is 1.74 bits per heavy atom. The van der Waals surface area contributed by atoms with Gasteiger partial charge in [0.1, 0.15) is 11.5 Å². The van der Waals surface area contributed by atoms with Crippen molar-refractivity contribution in [1.29, 1.82) is 0 Å². The zero-order valence-electron chi connectivity index (χ0n) is 23.0. The molecule has 2 aliphatic heterocycles. The molecule has 39 heavy (non-hydrogen) atoms. The minimum atomic E-state index is -1.16. The summed E-state index contributed by atoms with van der Waals surface area (Å²) in [5, 5.41) is 5.10.